The fraction of sp³-hybridized carbons (Fsp3) is 0.750. The van der Waals surface area contributed by atoms with Gasteiger partial charge in [0.05, 0.1) is 0 Å². The number of hydrogen-bond donors (Lipinski definition) is 0. The van der Waals surface area contributed by atoms with Crippen molar-refractivity contribution in [3.8, 4) is 0 Å². The fourth-order valence-electron chi connectivity index (χ4n) is 0.469. The number of aliphatic imine (C=N–C) groups is 1. The number of hydrogen-bond acceptors (Lipinski definition) is 2. The van der Waals surface area contributed by atoms with E-state index in [0.29, 0.717) is 6.61 Å². The summed E-state index contributed by atoms with van der Waals surface area (Å²) in [5.41, 5.74) is -0.374. The maximum atomic E-state index is 11.6. The van der Waals surface area contributed by atoms with Crippen LogP contribution in [0.1, 0.15) is 0 Å². The predicted octanol–water partition coefficient (Wildman–Crippen LogP) is 0.950. The van der Waals surface area contributed by atoms with E-state index in [1.54, 1.807) is 0 Å². The van der Waals surface area contributed by atoms with E-state index in [2.05, 4.69) is 9.73 Å². The van der Waals surface area contributed by atoms with E-state index in [1.165, 1.54) is 0 Å². The quantitative estimate of drug-likeness (QED) is 0.390. The first-order chi connectivity index (χ1) is 3.83. The monoisotopic (exact) mass is 137 g/mol. The second-order valence-corrected chi connectivity index (χ2v) is 1.91. The summed E-state index contributed by atoms with van der Waals surface area (Å²) in [4.78, 5) is 3.59. The van der Waals surface area contributed by atoms with Crippen LogP contribution in [0, 0.1) is 0 Å². The second kappa shape index (κ2) is 2.31. The van der Waals surface area contributed by atoms with Crippen molar-refractivity contribution in [1.29, 1.82) is 0 Å². The summed E-state index contributed by atoms with van der Waals surface area (Å²) in [6, 6.07) is 0. The molecule has 1 aliphatic heterocycles. The van der Waals surface area contributed by atoms with E-state index in [1.807, 2.05) is 0 Å². The van der Waals surface area contributed by atoms with Crippen LogP contribution < -0.4 is 0 Å². The molecule has 0 amide bonds. The molecule has 0 radical (unpaired) electrons. The number of ether oxygens (including phenoxy) is 1. The van der Waals surface area contributed by atoms with Crippen LogP contribution in [-0.4, -0.2) is 24.7 Å². The van der Waals surface area contributed by atoms with E-state index < -0.39 is 6.67 Å². The molecule has 0 bridgehead atoms. The average Bonchev–Trinajstić information content (AvgIpc) is 2.14. The highest BCUT2D eigenvalue weighted by Crippen LogP contribution is 2.07. The van der Waals surface area contributed by atoms with Gasteiger partial charge in [0, 0.05) is 0 Å². The Labute approximate surface area is 51.3 Å². The van der Waals surface area contributed by atoms with Crippen LogP contribution in [0.5, 0.6) is 0 Å². The summed E-state index contributed by atoms with van der Waals surface area (Å²) in [5.74, 6) is 0.116. The standard InChI is InChI=1S/C4H5ClFNO/c5-3-2-8-4(1-6)7-3/h3H,1-2H2. The molecule has 0 aromatic heterocycles. The lowest BCUT2D eigenvalue weighted by Gasteiger charge is -1.90. The van der Waals surface area contributed by atoms with Gasteiger partial charge < -0.3 is 4.74 Å². The molecule has 2 nitrogen and oxygen atoms in total. The number of alkyl halides is 2. The first-order valence-corrected chi connectivity index (χ1v) is 2.66. The van der Waals surface area contributed by atoms with Crippen LogP contribution in [0.15, 0.2) is 4.99 Å². The number of nitrogens with zero attached hydrogens (tertiary/aromatic N) is 1. The maximum absolute atomic E-state index is 11.6. The molecule has 1 heterocycles. The highest BCUT2D eigenvalue weighted by molar-refractivity contribution is 6.21. The molecule has 1 rings (SSSR count). The van der Waals surface area contributed by atoms with Crippen molar-refractivity contribution >= 4 is 17.5 Å². The SMILES string of the molecule is FCC1=NC(Cl)CO1. The lowest BCUT2D eigenvalue weighted by Crippen LogP contribution is -2.00. The molecule has 1 unspecified atom stereocenters. The molecule has 4 heteroatoms. The minimum Gasteiger partial charge on any atom is -0.475 e. The van der Waals surface area contributed by atoms with E-state index in [0.717, 1.165) is 0 Å². The Morgan fingerprint density at radius 2 is 2.75 bits per heavy atom. The van der Waals surface area contributed by atoms with Crippen molar-refractivity contribution in [3.05, 3.63) is 0 Å². The summed E-state index contributed by atoms with van der Waals surface area (Å²) < 4.78 is 16.2. The van der Waals surface area contributed by atoms with Crippen molar-refractivity contribution in [2.45, 2.75) is 5.50 Å². The zero-order valence-electron chi connectivity index (χ0n) is 4.10. The Morgan fingerprint density at radius 3 is 3.00 bits per heavy atom. The highest BCUT2D eigenvalue weighted by atomic mass is 35.5. The predicted molar refractivity (Wildman–Crippen MR) is 29.0 cm³/mol. The Hall–Kier alpha value is -0.310. The molecule has 0 N–H and O–H groups in total. The number of halogens is 2. The molecule has 0 saturated carbocycles. The topological polar surface area (TPSA) is 21.6 Å². The third-order valence-corrected chi connectivity index (χ3v) is 1.01. The van der Waals surface area contributed by atoms with Gasteiger partial charge in [0.1, 0.15) is 6.61 Å². The Balaban J connectivity index is 2.44. The van der Waals surface area contributed by atoms with Crippen molar-refractivity contribution in [2.24, 2.45) is 4.99 Å². The lowest BCUT2D eigenvalue weighted by molar-refractivity contribution is 0.320. The third-order valence-electron chi connectivity index (χ3n) is 0.786. The maximum Gasteiger partial charge on any atom is 0.217 e. The normalized spacial score (nSPS) is 27.2. The van der Waals surface area contributed by atoms with Gasteiger partial charge in [0.25, 0.3) is 0 Å². The van der Waals surface area contributed by atoms with E-state index in [4.69, 9.17) is 11.6 Å². The van der Waals surface area contributed by atoms with Crippen LogP contribution in [0.3, 0.4) is 0 Å². The second-order valence-electron chi connectivity index (χ2n) is 1.40. The van der Waals surface area contributed by atoms with Gasteiger partial charge in [-0.3, -0.25) is 0 Å². The Bertz CT molecular complexity index is 117. The summed E-state index contributed by atoms with van der Waals surface area (Å²) >= 11 is 5.41. The van der Waals surface area contributed by atoms with Gasteiger partial charge in [0.15, 0.2) is 12.2 Å². The van der Waals surface area contributed by atoms with Crippen molar-refractivity contribution in [3.63, 3.8) is 0 Å². The van der Waals surface area contributed by atoms with Gasteiger partial charge >= 0.3 is 0 Å². The van der Waals surface area contributed by atoms with Gasteiger partial charge in [-0.25, -0.2) is 9.38 Å². The minimum absolute atomic E-state index is 0.116. The van der Waals surface area contributed by atoms with Crippen LogP contribution >= 0.6 is 11.6 Å². The molecular weight excluding hydrogens is 133 g/mol. The molecule has 1 aliphatic rings. The third kappa shape index (κ3) is 1.10. The summed E-state index contributed by atoms with van der Waals surface area (Å²) in [7, 11) is 0. The number of rotatable bonds is 1. The van der Waals surface area contributed by atoms with Gasteiger partial charge in [-0.1, -0.05) is 11.6 Å². The Kier molecular flexibility index (Phi) is 1.68. The average molecular weight is 138 g/mol. The molecule has 0 saturated heterocycles. The van der Waals surface area contributed by atoms with Crippen LogP contribution in [0.2, 0.25) is 0 Å². The van der Waals surface area contributed by atoms with Crippen LogP contribution in [0.25, 0.3) is 0 Å². The molecule has 0 aliphatic carbocycles. The summed E-state index contributed by atoms with van der Waals surface area (Å²) in [6.07, 6.45) is 0. The van der Waals surface area contributed by atoms with E-state index in [9.17, 15) is 4.39 Å². The van der Waals surface area contributed by atoms with Crippen LogP contribution in [0.4, 0.5) is 4.39 Å². The summed E-state index contributed by atoms with van der Waals surface area (Å²) in [5, 5.41) is 0. The highest BCUT2D eigenvalue weighted by Gasteiger charge is 2.14. The zero-order valence-corrected chi connectivity index (χ0v) is 4.86. The fourth-order valence-corrected chi connectivity index (χ4v) is 0.641. The Morgan fingerprint density at radius 1 is 2.00 bits per heavy atom. The summed E-state index contributed by atoms with van der Waals surface area (Å²) in [6.45, 7) is -0.343. The first kappa shape index (κ1) is 5.82. The molecule has 1 atom stereocenters. The van der Waals surface area contributed by atoms with Crippen molar-refractivity contribution in [2.75, 3.05) is 13.3 Å². The zero-order chi connectivity index (χ0) is 5.98. The molecule has 46 valence electrons. The van der Waals surface area contributed by atoms with Gasteiger partial charge in [-0.2, -0.15) is 0 Å². The van der Waals surface area contributed by atoms with Gasteiger partial charge in [0.2, 0.25) is 5.90 Å². The van der Waals surface area contributed by atoms with Gasteiger partial charge in [-0.05, 0) is 0 Å². The molecular formula is C4H5ClFNO. The molecule has 0 spiro atoms. The van der Waals surface area contributed by atoms with Crippen LogP contribution in [-0.2, 0) is 4.74 Å². The minimum atomic E-state index is -0.650. The largest absolute Gasteiger partial charge is 0.475 e. The van der Waals surface area contributed by atoms with Gasteiger partial charge in [-0.15, -0.1) is 0 Å². The first-order valence-electron chi connectivity index (χ1n) is 2.22. The molecule has 0 aromatic rings. The lowest BCUT2D eigenvalue weighted by atomic mass is 10.7. The molecule has 0 aromatic carbocycles. The van der Waals surface area contributed by atoms with Crippen molar-refractivity contribution < 1.29 is 9.13 Å². The molecule has 0 fully saturated rings. The van der Waals surface area contributed by atoms with Crippen molar-refractivity contribution in [1.82, 2.24) is 0 Å². The molecule has 8 heavy (non-hydrogen) atoms. The smallest absolute Gasteiger partial charge is 0.217 e. The van der Waals surface area contributed by atoms with E-state index >= 15 is 0 Å². The van der Waals surface area contributed by atoms with E-state index in [-0.39, 0.29) is 11.4 Å².